The van der Waals surface area contributed by atoms with Crippen molar-refractivity contribution in [1.82, 2.24) is 25.6 Å². The summed E-state index contributed by atoms with van der Waals surface area (Å²) in [6.45, 7) is 0. The van der Waals surface area contributed by atoms with Crippen molar-refractivity contribution in [2.75, 3.05) is 5.73 Å². The molecule has 3 rings (SSSR count). The third-order valence-corrected chi connectivity index (χ3v) is 2.68. The summed E-state index contributed by atoms with van der Waals surface area (Å²) in [6.07, 6.45) is -3.09. The molecule has 2 heterocycles. The van der Waals surface area contributed by atoms with Gasteiger partial charge in [0.1, 0.15) is 0 Å². The predicted octanol–water partition coefficient (Wildman–Crippen LogP) is 2.12. The van der Waals surface area contributed by atoms with Crippen LogP contribution < -0.4 is 5.73 Å². The minimum atomic E-state index is -4.46. The van der Waals surface area contributed by atoms with E-state index in [1.165, 1.54) is 12.3 Å². The number of nitrogens with zero attached hydrogens (tertiary/aromatic N) is 4. The summed E-state index contributed by atoms with van der Waals surface area (Å²) < 4.78 is 42.7. The van der Waals surface area contributed by atoms with Gasteiger partial charge in [0.2, 0.25) is 5.82 Å². The third kappa shape index (κ3) is 2.42. The van der Waals surface area contributed by atoms with E-state index in [0.717, 1.165) is 12.1 Å². The van der Waals surface area contributed by atoms with E-state index in [2.05, 4.69) is 25.6 Å². The van der Waals surface area contributed by atoms with Crippen molar-refractivity contribution >= 4 is 5.69 Å². The Bertz CT molecular complexity index is 765. The number of nitrogens with two attached hydrogens (primary N) is 1. The standard InChI is InChI=1S/C11H7F3N6O/c12-11(13,14)5-1-2-6(7(15)3-5)10-17-9(19-21-10)8-4-16-20-18-8/h1-4H,15H2,(H,16,18,20). The highest BCUT2D eigenvalue weighted by Gasteiger charge is 2.31. The molecule has 1 aromatic carbocycles. The van der Waals surface area contributed by atoms with Crippen LogP contribution in [-0.4, -0.2) is 25.6 Å². The van der Waals surface area contributed by atoms with Crippen molar-refractivity contribution in [1.29, 1.82) is 0 Å². The van der Waals surface area contributed by atoms with Crippen molar-refractivity contribution in [3.8, 4) is 23.0 Å². The predicted molar refractivity (Wildman–Crippen MR) is 64.5 cm³/mol. The summed E-state index contributed by atoms with van der Waals surface area (Å²) in [7, 11) is 0. The smallest absolute Gasteiger partial charge is 0.398 e. The summed E-state index contributed by atoms with van der Waals surface area (Å²) in [4.78, 5) is 4.01. The quantitative estimate of drug-likeness (QED) is 0.701. The normalized spacial score (nSPS) is 11.8. The second-order valence-electron chi connectivity index (χ2n) is 4.08. The Labute approximate surface area is 115 Å². The highest BCUT2D eigenvalue weighted by Crippen LogP contribution is 2.34. The van der Waals surface area contributed by atoms with Crippen LogP contribution >= 0.6 is 0 Å². The monoisotopic (exact) mass is 296 g/mol. The van der Waals surface area contributed by atoms with Gasteiger partial charge in [0, 0.05) is 5.69 Å². The maximum absolute atomic E-state index is 12.6. The van der Waals surface area contributed by atoms with E-state index in [-0.39, 0.29) is 23.0 Å². The van der Waals surface area contributed by atoms with Crippen molar-refractivity contribution in [2.24, 2.45) is 0 Å². The maximum atomic E-state index is 12.6. The Kier molecular flexibility index (Phi) is 2.85. The number of anilines is 1. The zero-order valence-electron chi connectivity index (χ0n) is 10.2. The van der Waals surface area contributed by atoms with E-state index >= 15 is 0 Å². The lowest BCUT2D eigenvalue weighted by Gasteiger charge is -2.08. The molecule has 0 aliphatic rings. The maximum Gasteiger partial charge on any atom is 0.416 e. The van der Waals surface area contributed by atoms with Gasteiger partial charge >= 0.3 is 6.18 Å². The molecule has 0 atom stereocenters. The minimum absolute atomic E-state index is 0.000718. The van der Waals surface area contributed by atoms with E-state index in [1.807, 2.05) is 0 Å². The first-order chi connectivity index (χ1) is 9.95. The SMILES string of the molecule is Nc1cc(C(F)(F)F)ccc1-c1nc(-c2cn[nH]n2)no1. The fourth-order valence-electron chi connectivity index (χ4n) is 1.68. The van der Waals surface area contributed by atoms with Gasteiger partial charge in [-0.3, -0.25) is 0 Å². The first-order valence-electron chi connectivity index (χ1n) is 5.62. The molecule has 3 N–H and O–H groups in total. The molecule has 2 aromatic heterocycles. The van der Waals surface area contributed by atoms with Gasteiger partial charge in [0.25, 0.3) is 5.89 Å². The van der Waals surface area contributed by atoms with Gasteiger partial charge < -0.3 is 10.3 Å². The first kappa shape index (κ1) is 13.1. The van der Waals surface area contributed by atoms with Gasteiger partial charge in [-0.15, -0.1) is 0 Å². The second kappa shape index (κ2) is 4.58. The molecule has 0 unspecified atom stereocenters. The second-order valence-corrected chi connectivity index (χ2v) is 4.08. The molecular weight excluding hydrogens is 289 g/mol. The number of H-pyrrole nitrogens is 1. The lowest BCUT2D eigenvalue weighted by Crippen LogP contribution is -2.06. The molecule has 0 bridgehead atoms. The van der Waals surface area contributed by atoms with Crippen LogP contribution in [0.25, 0.3) is 23.0 Å². The Morgan fingerprint density at radius 3 is 2.67 bits per heavy atom. The number of aromatic nitrogens is 5. The molecule has 3 aromatic rings. The molecule has 0 amide bonds. The third-order valence-electron chi connectivity index (χ3n) is 2.68. The molecule has 0 aliphatic heterocycles. The van der Waals surface area contributed by atoms with Gasteiger partial charge in [-0.05, 0) is 18.2 Å². The Morgan fingerprint density at radius 1 is 1.24 bits per heavy atom. The number of alkyl halides is 3. The zero-order chi connectivity index (χ0) is 15.0. The molecule has 0 saturated heterocycles. The molecule has 10 heteroatoms. The summed E-state index contributed by atoms with van der Waals surface area (Å²) in [5.74, 6) is 0.150. The van der Waals surface area contributed by atoms with Crippen LogP contribution in [0, 0.1) is 0 Å². The average molecular weight is 296 g/mol. The van der Waals surface area contributed by atoms with Crippen LogP contribution in [0.2, 0.25) is 0 Å². The van der Waals surface area contributed by atoms with E-state index in [1.54, 1.807) is 0 Å². The van der Waals surface area contributed by atoms with E-state index < -0.39 is 11.7 Å². The lowest BCUT2D eigenvalue weighted by molar-refractivity contribution is -0.137. The molecule has 0 aliphatic carbocycles. The number of nitrogens with one attached hydrogen (secondary N) is 1. The van der Waals surface area contributed by atoms with Crippen molar-refractivity contribution in [3.63, 3.8) is 0 Å². The van der Waals surface area contributed by atoms with Crippen LogP contribution in [0.15, 0.2) is 28.9 Å². The van der Waals surface area contributed by atoms with Crippen LogP contribution in [0.1, 0.15) is 5.56 Å². The number of nitrogen functional groups attached to an aromatic ring is 1. The topological polar surface area (TPSA) is 107 Å². The van der Waals surface area contributed by atoms with Crippen molar-refractivity contribution in [2.45, 2.75) is 6.18 Å². The van der Waals surface area contributed by atoms with Crippen LogP contribution in [-0.2, 0) is 6.18 Å². The average Bonchev–Trinajstić information content (AvgIpc) is 3.08. The number of hydrogen-bond donors (Lipinski definition) is 2. The number of hydrogen-bond acceptors (Lipinski definition) is 6. The van der Waals surface area contributed by atoms with Gasteiger partial charge in [-0.25, -0.2) is 0 Å². The van der Waals surface area contributed by atoms with E-state index in [4.69, 9.17) is 10.3 Å². The number of aromatic amines is 1. The fraction of sp³-hybridized carbons (Fsp3) is 0.0909. The van der Waals surface area contributed by atoms with Crippen LogP contribution in [0.3, 0.4) is 0 Å². The molecule has 7 nitrogen and oxygen atoms in total. The lowest BCUT2D eigenvalue weighted by atomic mass is 10.1. The van der Waals surface area contributed by atoms with Crippen LogP contribution in [0.4, 0.5) is 18.9 Å². The molecule has 108 valence electrons. The van der Waals surface area contributed by atoms with Crippen molar-refractivity contribution in [3.05, 3.63) is 30.0 Å². The Morgan fingerprint density at radius 2 is 2.05 bits per heavy atom. The first-order valence-corrected chi connectivity index (χ1v) is 5.62. The summed E-state index contributed by atoms with van der Waals surface area (Å²) >= 11 is 0. The van der Waals surface area contributed by atoms with E-state index in [9.17, 15) is 13.2 Å². The molecule has 0 saturated carbocycles. The molecule has 0 radical (unpaired) electrons. The summed E-state index contributed by atoms with van der Waals surface area (Å²) in [5, 5.41) is 13.4. The number of benzene rings is 1. The molecule has 0 spiro atoms. The van der Waals surface area contributed by atoms with Gasteiger partial charge in [0.05, 0.1) is 17.3 Å². The molecule has 0 fully saturated rings. The minimum Gasteiger partial charge on any atom is -0.398 e. The fourth-order valence-corrected chi connectivity index (χ4v) is 1.68. The van der Waals surface area contributed by atoms with Gasteiger partial charge in [-0.2, -0.15) is 33.6 Å². The van der Waals surface area contributed by atoms with Gasteiger partial charge in [-0.1, -0.05) is 5.16 Å². The number of rotatable bonds is 2. The zero-order valence-corrected chi connectivity index (χ0v) is 10.2. The summed E-state index contributed by atoms with van der Waals surface area (Å²) in [6, 6.07) is 2.89. The number of halogens is 3. The molecule has 21 heavy (non-hydrogen) atoms. The Hall–Kier alpha value is -2.91. The molecular formula is C11H7F3N6O. The van der Waals surface area contributed by atoms with Crippen molar-refractivity contribution < 1.29 is 17.7 Å². The van der Waals surface area contributed by atoms with Crippen LogP contribution in [0.5, 0.6) is 0 Å². The van der Waals surface area contributed by atoms with Gasteiger partial charge in [0.15, 0.2) is 5.69 Å². The Balaban J connectivity index is 1.98. The highest BCUT2D eigenvalue weighted by molar-refractivity contribution is 5.72. The van der Waals surface area contributed by atoms with E-state index in [0.29, 0.717) is 5.69 Å². The largest absolute Gasteiger partial charge is 0.416 e. The summed E-state index contributed by atoms with van der Waals surface area (Å²) in [5.41, 5.74) is 5.21. The highest BCUT2D eigenvalue weighted by atomic mass is 19.4.